The molecule has 0 aliphatic rings. The van der Waals surface area contributed by atoms with E-state index in [0.29, 0.717) is 0 Å². The SMILES string of the molecule is c1ccc2c(c1)oc1c(-c3nc4c(-c5cccc6c5sc5ccccc56)ccc(-c5cccc6c5sc5ccccc56)c4s3)cccc12. The average molecular weight is 666 g/mol. The molecular weight excluding hydrogens is 643 g/mol. The van der Waals surface area contributed by atoms with Gasteiger partial charge in [0.25, 0.3) is 0 Å². The van der Waals surface area contributed by atoms with Crippen molar-refractivity contribution in [1.29, 1.82) is 0 Å². The van der Waals surface area contributed by atoms with E-state index in [2.05, 4.69) is 127 Å². The molecule has 4 aromatic heterocycles. The third-order valence-corrected chi connectivity index (χ3v) is 13.1. The molecule has 0 spiro atoms. The van der Waals surface area contributed by atoms with Crippen LogP contribution in [0.5, 0.6) is 0 Å². The summed E-state index contributed by atoms with van der Waals surface area (Å²) in [6, 6.07) is 50.2. The third kappa shape index (κ3) is 3.75. The zero-order chi connectivity index (χ0) is 31.3. The molecule has 0 aliphatic carbocycles. The van der Waals surface area contributed by atoms with E-state index in [1.807, 2.05) is 34.8 Å². The molecule has 224 valence electrons. The Morgan fingerprint density at radius 3 is 1.60 bits per heavy atom. The van der Waals surface area contributed by atoms with Crippen molar-refractivity contribution >= 4 is 107 Å². The lowest BCUT2D eigenvalue weighted by molar-refractivity contribution is 0.670. The first kappa shape index (κ1) is 26.7. The maximum absolute atomic E-state index is 6.52. The summed E-state index contributed by atoms with van der Waals surface area (Å²) in [5, 5.41) is 8.43. The van der Waals surface area contributed by atoms with E-state index in [1.54, 1.807) is 11.3 Å². The summed E-state index contributed by atoms with van der Waals surface area (Å²) in [7, 11) is 0. The second-order valence-corrected chi connectivity index (χ2v) is 15.3. The van der Waals surface area contributed by atoms with Crippen LogP contribution in [0.1, 0.15) is 0 Å². The number of para-hydroxylation sites is 2. The van der Waals surface area contributed by atoms with Crippen LogP contribution in [0.25, 0.3) is 105 Å². The van der Waals surface area contributed by atoms with Gasteiger partial charge in [-0.3, -0.25) is 0 Å². The zero-order valence-electron chi connectivity index (χ0n) is 25.4. The number of nitrogens with zero attached hydrogens (tertiary/aromatic N) is 1. The maximum atomic E-state index is 6.52. The van der Waals surface area contributed by atoms with Crippen LogP contribution in [0.4, 0.5) is 0 Å². The molecule has 0 unspecified atom stereocenters. The number of hydrogen-bond donors (Lipinski definition) is 0. The highest BCUT2D eigenvalue weighted by molar-refractivity contribution is 7.27. The van der Waals surface area contributed by atoms with E-state index >= 15 is 0 Å². The van der Waals surface area contributed by atoms with Crippen LogP contribution >= 0.6 is 34.0 Å². The molecule has 0 amide bonds. The second kappa shape index (κ2) is 10.1. The van der Waals surface area contributed by atoms with E-state index in [9.17, 15) is 0 Å². The van der Waals surface area contributed by atoms with E-state index in [4.69, 9.17) is 9.40 Å². The fourth-order valence-corrected chi connectivity index (χ4v) is 11.0. The highest BCUT2D eigenvalue weighted by atomic mass is 32.1. The Kier molecular flexibility index (Phi) is 5.61. The molecule has 0 saturated carbocycles. The summed E-state index contributed by atoms with van der Waals surface area (Å²) in [4.78, 5) is 5.52. The van der Waals surface area contributed by atoms with E-state index in [1.165, 1.54) is 61.7 Å². The van der Waals surface area contributed by atoms with Crippen molar-refractivity contribution < 1.29 is 4.42 Å². The molecule has 0 radical (unpaired) electrons. The van der Waals surface area contributed by atoms with Crippen LogP contribution in [0, 0.1) is 0 Å². The van der Waals surface area contributed by atoms with Gasteiger partial charge in [0.2, 0.25) is 0 Å². The first-order valence-electron chi connectivity index (χ1n) is 16.0. The fourth-order valence-electron chi connectivity index (χ4n) is 7.39. The Morgan fingerprint density at radius 2 is 0.896 bits per heavy atom. The molecule has 0 N–H and O–H groups in total. The standard InChI is InChI=1S/C43H23NOS3/c1-4-19-35-24(10-1)28-13-7-18-34(39(28)45-35)43-44-38-27(31-16-8-14-29-25-11-2-5-20-36(25)46-40(29)31)22-23-33(42(38)48-43)32-17-9-15-30-26-12-3-6-21-37(26)47-41(30)32/h1-23H. The number of hydrogen-bond acceptors (Lipinski definition) is 5. The number of furan rings is 1. The number of rotatable bonds is 3. The lowest BCUT2D eigenvalue weighted by Gasteiger charge is -2.10. The van der Waals surface area contributed by atoms with Gasteiger partial charge in [0.1, 0.15) is 16.2 Å². The molecule has 4 heterocycles. The molecule has 48 heavy (non-hydrogen) atoms. The molecule has 5 heteroatoms. The number of benzene rings is 7. The second-order valence-electron chi connectivity index (χ2n) is 12.2. The van der Waals surface area contributed by atoms with Gasteiger partial charge in [-0.05, 0) is 24.3 Å². The molecule has 0 bridgehead atoms. The van der Waals surface area contributed by atoms with Gasteiger partial charge in [-0.2, -0.15) is 0 Å². The highest BCUT2D eigenvalue weighted by Crippen LogP contribution is 2.49. The monoisotopic (exact) mass is 665 g/mol. The summed E-state index contributed by atoms with van der Waals surface area (Å²) in [6.07, 6.45) is 0. The molecule has 11 rings (SSSR count). The van der Waals surface area contributed by atoms with Gasteiger partial charge >= 0.3 is 0 Å². The predicted octanol–water partition coefficient (Wildman–Crippen LogP) is 13.9. The topological polar surface area (TPSA) is 26.0 Å². The largest absolute Gasteiger partial charge is 0.455 e. The molecule has 0 aliphatic heterocycles. The van der Waals surface area contributed by atoms with Crippen molar-refractivity contribution in [3.63, 3.8) is 0 Å². The molecule has 11 aromatic rings. The van der Waals surface area contributed by atoms with Crippen molar-refractivity contribution in [2.45, 2.75) is 0 Å². The van der Waals surface area contributed by atoms with Crippen LogP contribution in [-0.4, -0.2) is 4.98 Å². The van der Waals surface area contributed by atoms with Gasteiger partial charge in [0.15, 0.2) is 0 Å². The minimum absolute atomic E-state index is 0.888. The predicted molar refractivity (Wildman–Crippen MR) is 209 cm³/mol. The number of thiazole rings is 1. The Hall–Kier alpha value is -5.33. The van der Waals surface area contributed by atoms with E-state index in [-0.39, 0.29) is 0 Å². The van der Waals surface area contributed by atoms with Gasteiger partial charge in [0.05, 0.1) is 15.8 Å². The van der Waals surface area contributed by atoms with Gasteiger partial charge in [-0.25, -0.2) is 4.98 Å². The van der Waals surface area contributed by atoms with Crippen molar-refractivity contribution in [2.24, 2.45) is 0 Å². The third-order valence-electron chi connectivity index (χ3n) is 9.57. The Balaban J connectivity index is 1.23. The molecular formula is C43H23NOS3. The normalized spacial score (nSPS) is 12.2. The Bertz CT molecular complexity index is 2930. The van der Waals surface area contributed by atoms with Crippen LogP contribution in [0.15, 0.2) is 144 Å². The first-order chi connectivity index (χ1) is 23.8. The quantitative estimate of drug-likeness (QED) is 0.188. The number of fused-ring (bicyclic) bond motifs is 10. The van der Waals surface area contributed by atoms with Crippen LogP contribution in [0.3, 0.4) is 0 Å². The summed E-state index contributed by atoms with van der Waals surface area (Å²) < 4.78 is 12.9. The summed E-state index contributed by atoms with van der Waals surface area (Å²) in [5.74, 6) is 0. The smallest absolute Gasteiger partial charge is 0.145 e. The number of aromatic nitrogens is 1. The minimum atomic E-state index is 0.888. The fraction of sp³-hybridized carbons (Fsp3) is 0. The Labute approximate surface area is 286 Å². The molecule has 0 atom stereocenters. The van der Waals surface area contributed by atoms with E-state index in [0.717, 1.165) is 43.6 Å². The molecule has 7 aromatic carbocycles. The maximum Gasteiger partial charge on any atom is 0.145 e. The van der Waals surface area contributed by atoms with Crippen molar-refractivity contribution in [3.05, 3.63) is 140 Å². The van der Waals surface area contributed by atoms with Crippen LogP contribution in [0.2, 0.25) is 0 Å². The lowest BCUT2D eigenvalue weighted by atomic mass is 9.97. The first-order valence-corrected chi connectivity index (χ1v) is 18.4. The van der Waals surface area contributed by atoms with E-state index < -0.39 is 0 Å². The van der Waals surface area contributed by atoms with Gasteiger partial charge < -0.3 is 4.42 Å². The molecule has 0 fully saturated rings. The van der Waals surface area contributed by atoms with Gasteiger partial charge in [-0.1, -0.05) is 115 Å². The zero-order valence-corrected chi connectivity index (χ0v) is 27.8. The molecule has 2 nitrogen and oxygen atoms in total. The minimum Gasteiger partial charge on any atom is -0.455 e. The number of thiophene rings is 2. The van der Waals surface area contributed by atoms with Crippen molar-refractivity contribution in [2.75, 3.05) is 0 Å². The highest BCUT2D eigenvalue weighted by Gasteiger charge is 2.22. The van der Waals surface area contributed by atoms with Gasteiger partial charge in [-0.15, -0.1) is 34.0 Å². The summed E-state index contributed by atoms with van der Waals surface area (Å²) in [5.41, 5.74) is 8.70. The van der Waals surface area contributed by atoms with Crippen LogP contribution < -0.4 is 0 Å². The lowest BCUT2D eigenvalue weighted by Crippen LogP contribution is -1.85. The summed E-state index contributed by atoms with van der Waals surface area (Å²) >= 11 is 5.51. The molecule has 0 saturated heterocycles. The average Bonchev–Trinajstić information content (AvgIpc) is 3.92. The summed E-state index contributed by atoms with van der Waals surface area (Å²) in [6.45, 7) is 0. The van der Waals surface area contributed by atoms with Crippen molar-refractivity contribution in [1.82, 2.24) is 4.98 Å². The van der Waals surface area contributed by atoms with Crippen LogP contribution in [-0.2, 0) is 0 Å². The van der Waals surface area contributed by atoms with Crippen molar-refractivity contribution in [3.8, 4) is 32.8 Å². The van der Waals surface area contributed by atoms with Gasteiger partial charge in [0, 0.05) is 73.4 Å². The Morgan fingerprint density at radius 1 is 0.375 bits per heavy atom.